The molecule has 2 heteroatoms. The maximum absolute atomic E-state index is 3.23. The van der Waals surface area contributed by atoms with Gasteiger partial charge < -0.3 is 0 Å². The molecule has 0 aromatic carbocycles. The molecule has 1 atom stereocenters. The fourth-order valence-corrected chi connectivity index (χ4v) is 1.54. The van der Waals surface area contributed by atoms with E-state index in [9.17, 15) is 0 Å². The topological polar surface area (TPSA) is 24.1 Å². The molecular weight excluding hydrogens is 124 g/mol. The molecule has 0 spiro atoms. The lowest BCUT2D eigenvalue weighted by atomic mass is 9.99. The van der Waals surface area contributed by atoms with E-state index >= 15 is 0 Å². The van der Waals surface area contributed by atoms with Crippen molar-refractivity contribution in [1.82, 2.24) is 10.9 Å². The van der Waals surface area contributed by atoms with Crippen LogP contribution in [0.25, 0.3) is 0 Å². The van der Waals surface area contributed by atoms with Crippen LogP contribution in [0.5, 0.6) is 0 Å². The predicted molar refractivity (Wildman–Crippen MR) is 43.6 cm³/mol. The Kier molecular flexibility index (Phi) is 3.76. The lowest BCUT2D eigenvalue weighted by Gasteiger charge is -2.11. The first kappa shape index (κ1) is 8.02. The van der Waals surface area contributed by atoms with Gasteiger partial charge in [-0.15, -0.1) is 0 Å². The summed E-state index contributed by atoms with van der Waals surface area (Å²) >= 11 is 0. The van der Waals surface area contributed by atoms with Crippen molar-refractivity contribution in [2.45, 2.75) is 32.6 Å². The first-order valence-corrected chi connectivity index (χ1v) is 4.39. The second-order valence-corrected chi connectivity index (χ2v) is 3.10. The molecule has 0 saturated carbocycles. The summed E-state index contributed by atoms with van der Waals surface area (Å²) < 4.78 is 0. The molecule has 60 valence electrons. The Morgan fingerprint density at radius 3 is 3.10 bits per heavy atom. The molecule has 0 bridgehead atoms. The Hall–Kier alpha value is -0.0800. The maximum atomic E-state index is 3.23. The first-order chi connectivity index (χ1) is 4.93. The molecule has 0 amide bonds. The molecule has 1 fully saturated rings. The minimum atomic E-state index is 0.917. The molecule has 2 nitrogen and oxygen atoms in total. The lowest BCUT2D eigenvalue weighted by Crippen LogP contribution is -2.32. The molecule has 2 N–H and O–H groups in total. The third kappa shape index (κ3) is 2.67. The van der Waals surface area contributed by atoms with Crippen LogP contribution in [0, 0.1) is 5.92 Å². The predicted octanol–water partition coefficient (Wildman–Crippen LogP) is 1.29. The monoisotopic (exact) mass is 142 g/mol. The minimum absolute atomic E-state index is 0.917. The van der Waals surface area contributed by atoms with Crippen molar-refractivity contribution in [2.75, 3.05) is 13.1 Å². The van der Waals surface area contributed by atoms with Gasteiger partial charge >= 0.3 is 0 Å². The molecule has 1 heterocycles. The molecule has 1 saturated heterocycles. The van der Waals surface area contributed by atoms with Crippen molar-refractivity contribution in [3.63, 3.8) is 0 Å². The number of nitrogens with one attached hydrogen (secondary N) is 2. The van der Waals surface area contributed by atoms with E-state index in [1.807, 2.05) is 0 Å². The average molecular weight is 142 g/mol. The SMILES string of the molecule is CCCC1CCCNNC1. The maximum Gasteiger partial charge on any atom is 0.0128 e. The van der Waals surface area contributed by atoms with E-state index in [1.165, 1.54) is 25.7 Å². The largest absolute Gasteiger partial charge is 0.258 e. The molecule has 0 aliphatic carbocycles. The number of hydrogen-bond acceptors (Lipinski definition) is 2. The van der Waals surface area contributed by atoms with Crippen molar-refractivity contribution in [1.29, 1.82) is 0 Å². The van der Waals surface area contributed by atoms with E-state index in [-0.39, 0.29) is 0 Å². The Morgan fingerprint density at radius 2 is 2.30 bits per heavy atom. The van der Waals surface area contributed by atoms with Gasteiger partial charge in [0.2, 0.25) is 0 Å². The average Bonchev–Trinajstić information content (AvgIpc) is 2.17. The smallest absolute Gasteiger partial charge is 0.0128 e. The summed E-state index contributed by atoms with van der Waals surface area (Å²) in [6, 6.07) is 0. The molecular formula is C8H18N2. The number of hydrazine groups is 1. The van der Waals surface area contributed by atoms with Crippen molar-refractivity contribution in [2.24, 2.45) is 5.92 Å². The molecule has 1 aliphatic rings. The van der Waals surface area contributed by atoms with Gasteiger partial charge in [-0.05, 0) is 25.2 Å². The molecule has 0 aromatic rings. The van der Waals surface area contributed by atoms with Gasteiger partial charge in [-0.3, -0.25) is 10.9 Å². The molecule has 0 radical (unpaired) electrons. The van der Waals surface area contributed by atoms with Crippen LogP contribution in [-0.2, 0) is 0 Å². The quantitative estimate of drug-likeness (QED) is 0.607. The highest BCUT2D eigenvalue weighted by atomic mass is 15.3. The first-order valence-electron chi connectivity index (χ1n) is 4.39. The summed E-state index contributed by atoms with van der Waals surface area (Å²) in [5.74, 6) is 0.917. The third-order valence-electron chi connectivity index (χ3n) is 2.13. The highest BCUT2D eigenvalue weighted by molar-refractivity contribution is 4.64. The zero-order chi connectivity index (χ0) is 7.23. The van der Waals surface area contributed by atoms with E-state index in [1.54, 1.807) is 0 Å². The van der Waals surface area contributed by atoms with Crippen LogP contribution in [0.1, 0.15) is 32.6 Å². The summed E-state index contributed by atoms with van der Waals surface area (Å²) in [6.45, 7) is 4.56. The normalized spacial score (nSPS) is 27.9. The van der Waals surface area contributed by atoms with Crippen LogP contribution in [0.3, 0.4) is 0 Å². The van der Waals surface area contributed by atoms with Crippen LogP contribution in [0.4, 0.5) is 0 Å². The van der Waals surface area contributed by atoms with Crippen LogP contribution in [0.15, 0.2) is 0 Å². The number of hydrogen-bond donors (Lipinski definition) is 2. The number of rotatable bonds is 2. The molecule has 0 aromatic heterocycles. The Morgan fingerprint density at radius 1 is 1.40 bits per heavy atom. The van der Waals surface area contributed by atoms with Crippen LogP contribution in [0.2, 0.25) is 0 Å². The molecule has 1 aliphatic heterocycles. The van der Waals surface area contributed by atoms with Gasteiger partial charge in [0.25, 0.3) is 0 Å². The second-order valence-electron chi connectivity index (χ2n) is 3.10. The fourth-order valence-electron chi connectivity index (χ4n) is 1.54. The van der Waals surface area contributed by atoms with E-state index in [2.05, 4.69) is 17.8 Å². The van der Waals surface area contributed by atoms with Crippen molar-refractivity contribution < 1.29 is 0 Å². The standard InChI is InChI=1S/C8H18N2/c1-2-4-8-5-3-6-9-10-7-8/h8-10H,2-7H2,1H3. The third-order valence-corrected chi connectivity index (χ3v) is 2.13. The van der Waals surface area contributed by atoms with Crippen molar-refractivity contribution >= 4 is 0 Å². The van der Waals surface area contributed by atoms with E-state index in [0.717, 1.165) is 19.0 Å². The van der Waals surface area contributed by atoms with Gasteiger partial charge in [0, 0.05) is 13.1 Å². The highest BCUT2D eigenvalue weighted by Crippen LogP contribution is 2.12. The van der Waals surface area contributed by atoms with Crippen molar-refractivity contribution in [3.05, 3.63) is 0 Å². The zero-order valence-corrected chi connectivity index (χ0v) is 6.82. The fraction of sp³-hybridized carbons (Fsp3) is 1.00. The van der Waals surface area contributed by atoms with Crippen LogP contribution < -0.4 is 10.9 Å². The van der Waals surface area contributed by atoms with E-state index in [4.69, 9.17) is 0 Å². The summed E-state index contributed by atoms with van der Waals surface area (Å²) in [5, 5.41) is 0. The summed E-state index contributed by atoms with van der Waals surface area (Å²) in [5.41, 5.74) is 6.42. The second kappa shape index (κ2) is 4.69. The van der Waals surface area contributed by atoms with Gasteiger partial charge in [0.15, 0.2) is 0 Å². The summed E-state index contributed by atoms with van der Waals surface area (Å²) in [7, 11) is 0. The van der Waals surface area contributed by atoms with Gasteiger partial charge in [-0.2, -0.15) is 0 Å². The highest BCUT2D eigenvalue weighted by Gasteiger charge is 2.09. The molecule has 1 rings (SSSR count). The summed E-state index contributed by atoms with van der Waals surface area (Å²) in [4.78, 5) is 0. The molecule has 10 heavy (non-hydrogen) atoms. The minimum Gasteiger partial charge on any atom is -0.258 e. The van der Waals surface area contributed by atoms with E-state index < -0.39 is 0 Å². The lowest BCUT2D eigenvalue weighted by molar-refractivity contribution is 0.431. The Labute approximate surface area is 63.4 Å². The van der Waals surface area contributed by atoms with Crippen molar-refractivity contribution in [3.8, 4) is 0 Å². The molecule has 1 unspecified atom stereocenters. The summed E-state index contributed by atoms with van der Waals surface area (Å²) in [6.07, 6.45) is 5.44. The zero-order valence-electron chi connectivity index (χ0n) is 6.82. The Bertz CT molecular complexity index is 75.3. The van der Waals surface area contributed by atoms with Gasteiger partial charge in [0.05, 0.1) is 0 Å². The van der Waals surface area contributed by atoms with Crippen LogP contribution >= 0.6 is 0 Å². The van der Waals surface area contributed by atoms with Gasteiger partial charge in [0.1, 0.15) is 0 Å². The van der Waals surface area contributed by atoms with Crippen LogP contribution in [-0.4, -0.2) is 13.1 Å². The van der Waals surface area contributed by atoms with E-state index in [0.29, 0.717) is 0 Å². The van der Waals surface area contributed by atoms with Gasteiger partial charge in [-0.25, -0.2) is 0 Å². The van der Waals surface area contributed by atoms with Gasteiger partial charge in [-0.1, -0.05) is 13.3 Å². The Balaban J connectivity index is 2.15.